The maximum Gasteiger partial charge on any atom is 0.260 e. The van der Waals surface area contributed by atoms with Crippen LogP contribution in [0.25, 0.3) is 0 Å². The first kappa shape index (κ1) is 20.2. The fraction of sp³-hybridized carbons (Fsp3) is 0.600. The zero-order valence-electron chi connectivity index (χ0n) is 16.0. The second kappa shape index (κ2) is 9.57. The molecular weight excluding hydrogens is 332 g/mol. The summed E-state index contributed by atoms with van der Waals surface area (Å²) < 4.78 is 11.0. The van der Waals surface area contributed by atoms with Crippen molar-refractivity contribution in [2.24, 2.45) is 0 Å². The molecule has 1 heterocycles. The second-order valence-electron chi connectivity index (χ2n) is 6.89. The van der Waals surface area contributed by atoms with Gasteiger partial charge in [0.15, 0.2) is 6.61 Å². The molecule has 1 aromatic rings. The van der Waals surface area contributed by atoms with Crippen LogP contribution in [0.2, 0.25) is 0 Å². The molecule has 0 saturated carbocycles. The first-order chi connectivity index (χ1) is 12.5. The van der Waals surface area contributed by atoms with E-state index in [9.17, 15) is 9.59 Å². The van der Waals surface area contributed by atoms with Gasteiger partial charge >= 0.3 is 0 Å². The van der Waals surface area contributed by atoms with Crippen LogP contribution in [0.1, 0.15) is 46.0 Å². The summed E-state index contributed by atoms with van der Waals surface area (Å²) in [5.74, 6) is 0.463. The normalized spacial score (nSPS) is 16.7. The number of hydrogen-bond acceptors (Lipinski definition) is 4. The summed E-state index contributed by atoms with van der Waals surface area (Å²) in [5, 5.41) is 2.87. The van der Waals surface area contributed by atoms with Gasteiger partial charge in [-0.25, -0.2) is 0 Å². The maximum atomic E-state index is 12.4. The van der Waals surface area contributed by atoms with Crippen LogP contribution in [-0.4, -0.2) is 49.1 Å². The molecule has 6 nitrogen and oxygen atoms in total. The number of carbonyl (C=O) groups excluding carboxylic acids is 2. The summed E-state index contributed by atoms with van der Waals surface area (Å²) in [6.07, 6.45) is 4.83. The largest absolute Gasteiger partial charge is 0.484 e. The Labute approximate surface area is 155 Å². The Balaban J connectivity index is 1.85. The van der Waals surface area contributed by atoms with Crippen molar-refractivity contribution in [1.29, 1.82) is 0 Å². The van der Waals surface area contributed by atoms with Gasteiger partial charge in [0.25, 0.3) is 11.8 Å². The van der Waals surface area contributed by atoms with Crippen LogP contribution >= 0.6 is 0 Å². The Morgan fingerprint density at radius 1 is 1.15 bits per heavy atom. The molecule has 1 aromatic carbocycles. The van der Waals surface area contributed by atoms with Crippen LogP contribution in [0.5, 0.6) is 5.75 Å². The molecule has 1 aliphatic heterocycles. The minimum absolute atomic E-state index is 0.0255. The number of nitrogens with zero attached hydrogens (tertiary/aromatic N) is 1. The van der Waals surface area contributed by atoms with Gasteiger partial charge in [0.1, 0.15) is 11.4 Å². The Bertz CT molecular complexity index is 596. The van der Waals surface area contributed by atoms with Gasteiger partial charge in [0.05, 0.1) is 0 Å². The zero-order chi connectivity index (χ0) is 19.0. The average Bonchev–Trinajstić information content (AvgIpc) is 2.68. The highest BCUT2D eigenvalue weighted by molar-refractivity contribution is 5.97. The fourth-order valence-electron chi connectivity index (χ4n) is 3.06. The van der Waals surface area contributed by atoms with Gasteiger partial charge in [0.2, 0.25) is 0 Å². The fourth-order valence-corrected chi connectivity index (χ4v) is 3.06. The molecule has 0 aliphatic carbocycles. The van der Waals surface area contributed by atoms with Gasteiger partial charge in [0, 0.05) is 25.9 Å². The van der Waals surface area contributed by atoms with Crippen LogP contribution in [0, 0.1) is 0 Å². The Hall–Kier alpha value is -2.08. The molecule has 2 rings (SSSR count). The summed E-state index contributed by atoms with van der Waals surface area (Å²) in [7, 11) is 1.55. The second-order valence-corrected chi connectivity index (χ2v) is 6.89. The van der Waals surface area contributed by atoms with E-state index < -0.39 is 5.60 Å². The summed E-state index contributed by atoms with van der Waals surface area (Å²) >= 11 is 0. The van der Waals surface area contributed by atoms with Crippen LogP contribution in [0.3, 0.4) is 0 Å². The van der Waals surface area contributed by atoms with Gasteiger partial charge in [-0.3, -0.25) is 9.59 Å². The minimum Gasteiger partial charge on any atom is -0.484 e. The lowest BCUT2D eigenvalue weighted by Crippen LogP contribution is -2.41. The number of nitrogens with one attached hydrogen (secondary N) is 1. The smallest absolute Gasteiger partial charge is 0.260 e. The van der Waals surface area contributed by atoms with E-state index in [1.165, 1.54) is 6.42 Å². The molecule has 1 atom stereocenters. The SMILES string of the molecule is CCC[C@@](C)(OC)C(=O)Nc1ccc(OCC(=O)N2CCCCC2)cc1. The Morgan fingerprint density at radius 2 is 1.81 bits per heavy atom. The van der Waals surface area contributed by atoms with E-state index in [2.05, 4.69) is 5.32 Å². The molecular formula is C20H30N2O4. The van der Waals surface area contributed by atoms with E-state index in [-0.39, 0.29) is 18.4 Å². The number of amides is 2. The lowest BCUT2D eigenvalue weighted by atomic mass is 9.99. The van der Waals surface area contributed by atoms with Crippen molar-refractivity contribution in [3.8, 4) is 5.75 Å². The van der Waals surface area contributed by atoms with E-state index in [1.54, 1.807) is 38.3 Å². The molecule has 1 saturated heterocycles. The number of hydrogen-bond donors (Lipinski definition) is 1. The Kier molecular flexibility index (Phi) is 7.45. The third-order valence-corrected chi connectivity index (χ3v) is 4.84. The monoisotopic (exact) mass is 362 g/mol. The third kappa shape index (κ3) is 5.46. The summed E-state index contributed by atoms with van der Waals surface area (Å²) in [6, 6.07) is 7.04. The number of likely N-dealkylation sites (tertiary alicyclic amines) is 1. The highest BCUT2D eigenvalue weighted by atomic mass is 16.5. The number of rotatable bonds is 8. The summed E-state index contributed by atoms with van der Waals surface area (Å²) in [5.41, 5.74) is -0.172. The number of carbonyl (C=O) groups is 2. The average molecular weight is 362 g/mol. The molecule has 0 aromatic heterocycles. The van der Waals surface area contributed by atoms with Crippen molar-refractivity contribution in [2.75, 3.05) is 32.1 Å². The van der Waals surface area contributed by atoms with Crippen LogP contribution < -0.4 is 10.1 Å². The predicted molar refractivity (Wildman–Crippen MR) is 101 cm³/mol. The molecule has 1 fully saturated rings. The van der Waals surface area contributed by atoms with E-state index in [0.29, 0.717) is 17.9 Å². The van der Waals surface area contributed by atoms with Crippen molar-refractivity contribution < 1.29 is 19.1 Å². The van der Waals surface area contributed by atoms with Crippen molar-refractivity contribution in [2.45, 2.75) is 51.6 Å². The van der Waals surface area contributed by atoms with Crippen molar-refractivity contribution in [3.63, 3.8) is 0 Å². The number of methoxy groups -OCH3 is 1. The van der Waals surface area contributed by atoms with Gasteiger partial charge in [-0.2, -0.15) is 0 Å². The van der Waals surface area contributed by atoms with Crippen molar-refractivity contribution in [1.82, 2.24) is 4.90 Å². The molecule has 0 unspecified atom stereocenters. The van der Waals surface area contributed by atoms with Gasteiger partial charge in [-0.05, 0) is 56.9 Å². The van der Waals surface area contributed by atoms with Crippen LogP contribution in [0.15, 0.2) is 24.3 Å². The predicted octanol–water partition coefficient (Wildman–Crippen LogP) is 3.22. The highest BCUT2D eigenvalue weighted by Gasteiger charge is 2.32. The number of piperidine rings is 1. The van der Waals surface area contributed by atoms with Crippen molar-refractivity contribution >= 4 is 17.5 Å². The summed E-state index contributed by atoms with van der Waals surface area (Å²) in [4.78, 5) is 26.4. The number of ether oxygens (including phenoxy) is 2. The maximum absolute atomic E-state index is 12.4. The van der Waals surface area contributed by atoms with E-state index >= 15 is 0 Å². The summed E-state index contributed by atoms with van der Waals surface area (Å²) in [6.45, 7) is 5.49. The molecule has 26 heavy (non-hydrogen) atoms. The van der Waals surface area contributed by atoms with Crippen molar-refractivity contribution in [3.05, 3.63) is 24.3 Å². The first-order valence-corrected chi connectivity index (χ1v) is 9.36. The molecule has 144 valence electrons. The first-order valence-electron chi connectivity index (χ1n) is 9.36. The minimum atomic E-state index is -0.842. The molecule has 0 spiro atoms. The van der Waals surface area contributed by atoms with E-state index in [4.69, 9.17) is 9.47 Å². The zero-order valence-corrected chi connectivity index (χ0v) is 16.0. The lowest BCUT2D eigenvalue weighted by Gasteiger charge is -2.26. The molecule has 6 heteroatoms. The number of anilines is 1. The quantitative estimate of drug-likeness (QED) is 0.771. The van der Waals surface area contributed by atoms with Gasteiger partial charge in [-0.15, -0.1) is 0 Å². The van der Waals surface area contributed by atoms with E-state index in [0.717, 1.165) is 32.4 Å². The number of benzene rings is 1. The van der Waals surface area contributed by atoms with E-state index in [1.807, 2.05) is 11.8 Å². The third-order valence-electron chi connectivity index (χ3n) is 4.84. The Morgan fingerprint density at radius 3 is 2.38 bits per heavy atom. The topological polar surface area (TPSA) is 67.9 Å². The standard InChI is InChI=1S/C20H30N2O4/c1-4-12-20(2,25-3)19(24)21-16-8-10-17(11-9-16)26-15-18(23)22-13-6-5-7-14-22/h8-11H,4-7,12-15H2,1-3H3,(H,21,24)/t20-/m1/s1. The lowest BCUT2D eigenvalue weighted by molar-refractivity contribution is -0.136. The molecule has 2 amide bonds. The van der Waals surface area contributed by atoms with Crippen LogP contribution in [-0.2, 0) is 14.3 Å². The molecule has 1 aliphatic rings. The molecule has 0 radical (unpaired) electrons. The van der Waals surface area contributed by atoms with Gasteiger partial charge < -0.3 is 19.7 Å². The molecule has 0 bridgehead atoms. The molecule has 1 N–H and O–H groups in total. The van der Waals surface area contributed by atoms with Gasteiger partial charge in [-0.1, -0.05) is 13.3 Å². The van der Waals surface area contributed by atoms with Crippen LogP contribution in [0.4, 0.5) is 5.69 Å². The highest BCUT2D eigenvalue weighted by Crippen LogP contribution is 2.21.